The molecule has 0 fully saturated rings. The molecule has 2 aromatic carbocycles. The lowest BCUT2D eigenvalue weighted by Gasteiger charge is -2.28. The van der Waals surface area contributed by atoms with Crippen LogP contribution in [-0.4, -0.2) is 18.5 Å². The molecule has 1 heterocycles. The average Bonchev–Trinajstić information content (AvgIpc) is 2.56. The van der Waals surface area contributed by atoms with E-state index in [0.29, 0.717) is 11.5 Å². The molecule has 0 atom stereocenters. The monoisotopic (exact) mass is 307 g/mol. The highest BCUT2D eigenvalue weighted by atomic mass is 19.1. The van der Waals surface area contributed by atoms with Crippen molar-refractivity contribution in [2.24, 2.45) is 5.92 Å². The third kappa shape index (κ3) is 3.21. The fraction of sp³-hybridized carbons (Fsp3) is 0.238. The van der Waals surface area contributed by atoms with Crippen LogP contribution in [0.1, 0.15) is 19.4 Å². The molecule has 0 saturated carbocycles. The third-order valence-electron chi connectivity index (χ3n) is 4.33. The van der Waals surface area contributed by atoms with E-state index in [2.05, 4.69) is 43.0 Å². The molecule has 0 aromatic heterocycles. The summed E-state index contributed by atoms with van der Waals surface area (Å²) in [5.41, 5.74) is 5.03. The van der Waals surface area contributed by atoms with E-state index in [0.717, 1.165) is 23.4 Å². The maximum Gasteiger partial charge on any atom is 0.132 e. The molecular formula is C21H22FN. The zero-order chi connectivity index (χ0) is 16.4. The van der Waals surface area contributed by atoms with E-state index in [9.17, 15) is 4.39 Å². The molecule has 0 saturated heterocycles. The summed E-state index contributed by atoms with van der Waals surface area (Å²) < 4.78 is 14.5. The van der Waals surface area contributed by atoms with Crippen LogP contribution in [0.15, 0.2) is 66.3 Å². The number of likely N-dealkylation sites (N-methyl/N-ethyl adjacent to an activating group) is 1. The number of rotatable bonds is 3. The number of allylic oxidation sites excluding steroid dienone is 2. The van der Waals surface area contributed by atoms with E-state index in [1.54, 1.807) is 6.07 Å². The largest absolute Gasteiger partial charge is 0.370 e. The van der Waals surface area contributed by atoms with Gasteiger partial charge in [0.15, 0.2) is 0 Å². The van der Waals surface area contributed by atoms with Crippen molar-refractivity contribution in [1.29, 1.82) is 0 Å². The number of hydrogen-bond acceptors (Lipinski definition) is 1. The van der Waals surface area contributed by atoms with E-state index in [1.807, 2.05) is 37.4 Å². The highest BCUT2D eigenvalue weighted by molar-refractivity contribution is 5.74. The summed E-state index contributed by atoms with van der Waals surface area (Å²) in [5, 5.41) is 0. The molecule has 3 rings (SSSR count). The summed E-state index contributed by atoms with van der Waals surface area (Å²) in [6.45, 7) is 5.15. The molecule has 1 aliphatic rings. The Labute approximate surface area is 137 Å². The lowest BCUT2D eigenvalue weighted by atomic mass is 9.95. The van der Waals surface area contributed by atoms with Crippen molar-refractivity contribution in [2.45, 2.75) is 13.8 Å². The summed E-state index contributed by atoms with van der Waals surface area (Å²) in [7, 11) is 2.01. The lowest BCUT2D eigenvalue weighted by Crippen LogP contribution is -2.21. The average molecular weight is 307 g/mol. The van der Waals surface area contributed by atoms with E-state index in [4.69, 9.17) is 0 Å². The van der Waals surface area contributed by atoms with E-state index >= 15 is 0 Å². The first-order valence-electron chi connectivity index (χ1n) is 8.04. The smallest absolute Gasteiger partial charge is 0.132 e. The molecule has 0 bridgehead atoms. The zero-order valence-electron chi connectivity index (χ0n) is 13.9. The van der Waals surface area contributed by atoms with Gasteiger partial charge >= 0.3 is 0 Å². The van der Waals surface area contributed by atoms with Crippen LogP contribution < -0.4 is 0 Å². The van der Waals surface area contributed by atoms with Gasteiger partial charge in [-0.15, -0.1) is 0 Å². The molecule has 2 aromatic rings. The fourth-order valence-electron chi connectivity index (χ4n) is 2.89. The highest BCUT2D eigenvalue weighted by Crippen LogP contribution is 2.31. The molecule has 2 heteroatoms. The van der Waals surface area contributed by atoms with Crippen LogP contribution in [0.3, 0.4) is 0 Å². The number of halogens is 1. The minimum Gasteiger partial charge on any atom is -0.370 e. The normalized spacial score (nSPS) is 14.7. The van der Waals surface area contributed by atoms with Crippen molar-refractivity contribution in [2.75, 3.05) is 13.6 Å². The molecule has 118 valence electrons. The third-order valence-corrected chi connectivity index (χ3v) is 4.33. The molecule has 0 unspecified atom stereocenters. The Morgan fingerprint density at radius 1 is 1.00 bits per heavy atom. The molecular weight excluding hydrogens is 285 g/mol. The Morgan fingerprint density at radius 2 is 1.74 bits per heavy atom. The summed E-state index contributed by atoms with van der Waals surface area (Å²) in [6, 6.07) is 15.5. The second-order valence-corrected chi connectivity index (χ2v) is 6.33. The molecule has 1 aliphatic heterocycles. The predicted octanol–water partition coefficient (Wildman–Crippen LogP) is 5.36. The first kappa shape index (κ1) is 15.5. The van der Waals surface area contributed by atoms with Gasteiger partial charge in [0.25, 0.3) is 0 Å². The van der Waals surface area contributed by atoms with Crippen molar-refractivity contribution >= 4 is 5.70 Å². The summed E-state index contributed by atoms with van der Waals surface area (Å²) >= 11 is 0. The fourth-order valence-corrected chi connectivity index (χ4v) is 2.89. The van der Waals surface area contributed by atoms with Crippen molar-refractivity contribution in [3.05, 3.63) is 77.6 Å². The molecule has 0 radical (unpaired) electrons. The quantitative estimate of drug-likeness (QED) is 0.737. The maximum atomic E-state index is 14.5. The van der Waals surface area contributed by atoms with Crippen molar-refractivity contribution < 1.29 is 4.39 Å². The standard InChI is InChI=1S/C21H22FN/c1-15(2)17-11-12-23(3)21(14-17)19-13-18(9-10-20(19)22)16-7-5-4-6-8-16/h4-11,13-15H,12H2,1-3H3. The number of benzene rings is 2. The maximum absolute atomic E-state index is 14.5. The first-order chi connectivity index (χ1) is 11.1. The topological polar surface area (TPSA) is 3.24 Å². The Kier molecular flexibility index (Phi) is 4.33. The Morgan fingerprint density at radius 3 is 2.43 bits per heavy atom. The molecule has 0 aliphatic carbocycles. The summed E-state index contributed by atoms with van der Waals surface area (Å²) in [4.78, 5) is 2.10. The first-order valence-corrected chi connectivity index (χ1v) is 8.04. The second-order valence-electron chi connectivity index (χ2n) is 6.33. The van der Waals surface area contributed by atoms with Gasteiger partial charge in [0, 0.05) is 24.9 Å². The minimum atomic E-state index is -0.173. The van der Waals surface area contributed by atoms with Gasteiger partial charge in [-0.25, -0.2) is 4.39 Å². The van der Waals surface area contributed by atoms with Crippen molar-refractivity contribution in [1.82, 2.24) is 4.90 Å². The molecule has 0 spiro atoms. The zero-order valence-corrected chi connectivity index (χ0v) is 13.9. The molecule has 23 heavy (non-hydrogen) atoms. The van der Waals surface area contributed by atoms with Crippen LogP contribution in [0.2, 0.25) is 0 Å². The number of hydrogen-bond donors (Lipinski definition) is 0. The highest BCUT2D eigenvalue weighted by Gasteiger charge is 2.18. The van der Waals surface area contributed by atoms with Crippen LogP contribution in [0.25, 0.3) is 16.8 Å². The SMILES string of the molecule is CC(C)C1=CCN(C)C(c2cc(-c3ccccc3)ccc2F)=C1. The van der Waals surface area contributed by atoms with Crippen LogP contribution >= 0.6 is 0 Å². The summed E-state index contributed by atoms with van der Waals surface area (Å²) in [6.07, 6.45) is 4.33. The van der Waals surface area contributed by atoms with Crippen LogP contribution in [0, 0.1) is 11.7 Å². The van der Waals surface area contributed by atoms with Gasteiger partial charge in [-0.2, -0.15) is 0 Å². The van der Waals surface area contributed by atoms with Gasteiger partial charge in [-0.3, -0.25) is 0 Å². The van der Waals surface area contributed by atoms with E-state index in [1.165, 1.54) is 5.57 Å². The predicted molar refractivity (Wildman–Crippen MR) is 95.4 cm³/mol. The Hall–Kier alpha value is -2.35. The Balaban J connectivity index is 2.07. The van der Waals surface area contributed by atoms with Crippen LogP contribution in [0.4, 0.5) is 4.39 Å². The van der Waals surface area contributed by atoms with E-state index in [-0.39, 0.29) is 5.82 Å². The molecule has 1 nitrogen and oxygen atoms in total. The summed E-state index contributed by atoms with van der Waals surface area (Å²) in [5.74, 6) is 0.270. The van der Waals surface area contributed by atoms with E-state index < -0.39 is 0 Å². The lowest BCUT2D eigenvalue weighted by molar-refractivity contribution is 0.515. The van der Waals surface area contributed by atoms with Crippen LogP contribution in [0.5, 0.6) is 0 Å². The Bertz CT molecular complexity index is 757. The van der Waals surface area contributed by atoms with Gasteiger partial charge in [0.05, 0.1) is 0 Å². The molecule has 0 amide bonds. The number of nitrogens with zero attached hydrogens (tertiary/aromatic N) is 1. The van der Waals surface area contributed by atoms with Gasteiger partial charge < -0.3 is 4.90 Å². The van der Waals surface area contributed by atoms with Crippen molar-refractivity contribution in [3.63, 3.8) is 0 Å². The second kappa shape index (κ2) is 6.41. The van der Waals surface area contributed by atoms with Gasteiger partial charge in [-0.1, -0.05) is 56.3 Å². The molecule has 0 N–H and O–H groups in total. The van der Waals surface area contributed by atoms with Gasteiger partial charge in [0.1, 0.15) is 5.82 Å². The minimum absolute atomic E-state index is 0.173. The van der Waals surface area contributed by atoms with Crippen LogP contribution in [-0.2, 0) is 0 Å². The van der Waals surface area contributed by atoms with Crippen molar-refractivity contribution in [3.8, 4) is 11.1 Å². The van der Waals surface area contributed by atoms with Gasteiger partial charge in [-0.05, 0) is 40.8 Å². The van der Waals surface area contributed by atoms with Gasteiger partial charge in [0.2, 0.25) is 0 Å².